The monoisotopic (exact) mass is 443 g/mol. The van der Waals surface area contributed by atoms with E-state index in [0.29, 0.717) is 34.5 Å². The minimum Gasteiger partial charge on any atom is -0.427 e. The Bertz CT molecular complexity index is 905. The van der Waals surface area contributed by atoms with Crippen LogP contribution in [0.3, 0.4) is 0 Å². The predicted octanol–water partition coefficient (Wildman–Crippen LogP) is 5.82. The van der Waals surface area contributed by atoms with Crippen LogP contribution in [0.4, 0.5) is 4.79 Å². The van der Waals surface area contributed by atoms with E-state index in [9.17, 15) is 9.59 Å². The smallest absolute Gasteiger partial charge is 0.412 e. The summed E-state index contributed by atoms with van der Waals surface area (Å²) in [7, 11) is 0. The van der Waals surface area contributed by atoms with Gasteiger partial charge in [0.15, 0.2) is 0 Å². The molecule has 0 aliphatic rings. The van der Waals surface area contributed by atoms with Crippen molar-refractivity contribution in [1.82, 2.24) is 5.32 Å². The zero-order chi connectivity index (χ0) is 21.3. The molecule has 3 aromatic rings. The Morgan fingerprint density at radius 3 is 1.77 bits per heavy atom. The maximum Gasteiger partial charge on any atom is 0.412 e. The SMILES string of the molecule is O=C(CCc1ccc(CNC(=O)Oc2ccc(Cl)cc2)cc1)Oc1ccc(Cl)cc1. The summed E-state index contributed by atoms with van der Waals surface area (Å²) >= 11 is 11.6. The Morgan fingerprint density at radius 1 is 0.700 bits per heavy atom. The molecule has 1 amide bonds. The number of hydrogen-bond donors (Lipinski definition) is 1. The van der Waals surface area contributed by atoms with Gasteiger partial charge in [-0.05, 0) is 66.1 Å². The average Bonchev–Trinajstić information content (AvgIpc) is 2.75. The van der Waals surface area contributed by atoms with Gasteiger partial charge in [-0.2, -0.15) is 0 Å². The fourth-order valence-electron chi connectivity index (χ4n) is 2.58. The third kappa shape index (κ3) is 7.10. The molecule has 0 spiro atoms. The lowest BCUT2D eigenvalue weighted by Crippen LogP contribution is -2.26. The third-order valence-electron chi connectivity index (χ3n) is 4.15. The molecule has 154 valence electrons. The van der Waals surface area contributed by atoms with E-state index >= 15 is 0 Å². The van der Waals surface area contributed by atoms with E-state index in [1.54, 1.807) is 48.5 Å². The molecule has 0 aliphatic carbocycles. The van der Waals surface area contributed by atoms with Crippen LogP contribution in [0.1, 0.15) is 17.5 Å². The largest absolute Gasteiger partial charge is 0.427 e. The van der Waals surface area contributed by atoms with E-state index in [-0.39, 0.29) is 12.4 Å². The maximum absolute atomic E-state index is 12.0. The van der Waals surface area contributed by atoms with Crippen molar-refractivity contribution in [2.75, 3.05) is 0 Å². The van der Waals surface area contributed by atoms with Crippen molar-refractivity contribution in [2.45, 2.75) is 19.4 Å². The summed E-state index contributed by atoms with van der Waals surface area (Å²) in [5.74, 6) is 0.571. The topological polar surface area (TPSA) is 64.6 Å². The number of esters is 1. The van der Waals surface area contributed by atoms with Crippen molar-refractivity contribution >= 4 is 35.3 Å². The molecule has 0 fully saturated rings. The van der Waals surface area contributed by atoms with Gasteiger partial charge >= 0.3 is 12.1 Å². The molecule has 7 heteroatoms. The number of nitrogens with one attached hydrogen (secondary N) is 1. The van der Waals surface area contributed by atoms with Crippen molar-refractivity contribution in [3.8, 4) is 11.5 Å². The highest BCUT2D eigenvalue weighted by atomic mass is 35.5. The molecule has 0 heterocycles. The van der Waals surface area contributed by atoms with Crippen LogP contribution in [-0.2, 0) is 17.8 Å². The molecule has 0 bridgehead atoms. The number of ether oxygens (including phenoxy) is 2. The van der Waals surface area contributed by atoms with Gasteiger partial charge in [0, 0.05) is 23.0 Å². The summed E-state index contributed by atoms with van der Waals surface area (Å²) in [6.45, 7) is 0.325. The lowest BCUT2D eigenvalue weighted by Gasteiger charge is -2.08. The van der Waals surface area contributed by atoms with Crippen LogP contribution < -0.4 is 14.8 Å². The summed E-state index contributed by atoms with van der Waals surface area (Å²) < 4.78 is 10.4. The van der Waals surface area contributed by atoms with Gasteiger partial charge in [-0.1, -0.05) is 47.5 Å². The molecular formula is C23H19Cl2NO4. The van der Waals surface area contributed by atoms with Crippen LogP contribution in [0.25, 0.3) is 0 Å². The van der Waals surface area contributed by atoms with E-state index in [0.717, 1.165) is 11.1 Å². The minimum absolute atomic E-state index is 0.258. The Kier molecular flexibility index (Phi) is 7.71. The average molecular weight is 444 g/mol. The van der Waals surface area contributed by atoms with Crippen LogP contribution in [0.2, 0.25) is 10.0 Å². The van der Waals surface area contributed by atoms with Crippen molar-refractivity contribution in [3.05, 3.63) is 94.0 Å². The molecule has 0 saturated heterocycles. The zero-order valence-corrected chi connectivity index (χ0v) is 17.5. The third-order valence-corrected chi connectivity index (χ3v) is 4.65. The quantitative estimate of drug-likeness (QED) is 0.369. The summed E-state index contributed by atoms with van der Waals surface area (Å²) in [6.07, 6.45) is 0.262. The molecular weight excluding hydrogens is 425 g/mol. The summed E-state index contributed by atoms with van der Waals surface area (Å²) in [6, 6.07) is 20.8. The highest BCUT2D eigenvalue weighted by Crippen LogP contribution is 2.17. The van der Waals surface area contributed by atoms with Gasteiger partial charge in [0.25, 0.3) is 0 Å². The first-order chi connectivity index (χ1) is 14.5. The molecule has 3 aromatic carbocycles. The minimum atomic E-state index is -0.550. The standard InChI is InChI=1S/C23H19Cl2NO4/c24-18-6-10-20(11-7-18)29-22(27)14-5-16-1-3-17(4-2-16)15-26-23(28)30-21-12-8-19(25)9-13-21/h1-4,6-13H,5,14-15H2,(H,26,28). The highest BCUT2D eigenvalue weighted by Gasteiger charge is 2.07. The molecule has 0 saturated carbocycles. The Balaban J connectivity index is 1.40. The maximum atomic E-state index is 12.0. The van der Waals surface area contributed by atoms with E-state index in [2.05, 4.69) is 5.32 Å². The number of rotatable bonds is 7. The van der Waals surface area contributed by atoms with Crippen molar-refractivity contribution < 1.29 is 19.1 Å². The van der Waals surface area contributed by atoms with E-state index in [4.69, 9.17) is 32.7 Å². The Hall–Kier alpha value is -3.02. The van der Waals surface area contributed by atoms with Crippen LogP contribution in [0.5, 0.6) is 11.5 Å². The van der Waals surface area contributed by atoms with Crippen LogP contribution in [0, 0.1) is 0 Å². The Labute approximate surface area is 184 Å². The summed E-state index contributed by atoms with van der Waals surface area (Å²) in [4.78, 5) is 23.8. The molecule has 0 unspecified atom stereocenters. The lowest BCUT2D eigenvalue weighted by atomic mass is 10.1. The second-order valence-electron chi connectivity index (χ2n) is 6.44. The number of benzene rings is 3. The first kappa shape index (κ1) is 21.7. The van der Waals surface area contributed by atoms with Gasteiger partial charge in [0.1, 0.15) is 11.5 Å². The molecule has 3 rings (SSSR count). The number of hydrogen-bond acceptors (Lipinski definition) is 4. The van der Waals surface area contributed by atoms with Crippen molar-refractivity contribution in [1.29, 1.82) is 0 Å². The van der Waals surface area contributed by atoms with Crippen LogP contribution in [-0.4, -0.2) is 12.1 Å². The second kappa shape index (κ2) is 10.7. The number of carbonyl (C=O) groups is 2. The zero-order valence-electron chi connectivity index (χ0n) is 15.9. The molecule has 0 aromatic heterocycles. The summed E-state index contributed by atoms with van der Waals surface area (Å²) in [5, 5.41) is 3.84. The number of halogens is 2. The molecule has 30 heavy (non-hydrogen) atoms. The van der Waals surface area contributed by atoms with Crippen LogP contribution in [0.15, 0.2) is 72.8 Å². The number of amides is 1. The van der Waals surface area contributed by atoms with Crippen molar-refractivity contribution in [2.24, 2.45) is 0 Å². The molecule has 0 radical (unpaired) electrons. The predicted molar refractivity (Wildman–Crippen MR) is 116 cm³/mol. The first-order valence-corrected chi connectivity index (χ1v) is 9.99. The Morgan fingerprint density at radius 2 is 1.20 bits per heavy atom. The number of aryl methyl sites for hydroxylation is 1. The van der Waals surface area contributed by atoms with Gasteiger partial charge in [-0.15, -0.1) is 0 Å². The van der Waals surface area contributed by atoms with Crippen molar-refractivity contribution in [3.63, 3.8) is 0 Å². The first-order valence-electron chi connectivity index (χ1n) is 9.23. The molecule has 1 N–H and O–H groups in total. The van der Waals surface area contributed by atoms with Gasteiger partial charge in [0.05, 0.1) is 0 Å². The fraction of sp³-hybridized carbons (Fsp3) is 0.130. The second-order valence-corrected chi connectivity index (χ2v) is 7.31. The summed E-state index contributed by atoms with van der Waals surface area (Å²) in [5.41, 5.74) is 1.91. The number of carbonyl (C=O) groups excluding carboxylic acids is 2. The molecule has 0 aliphatic heterocycles. The van der Waals surface area contributed by atoms with Crippen LogP contribution >= 0.6 is 23.2 Å². The van der Waals surface area contributed by atoms with E-state index < -0.39 is 6.09 Å². The van der Waals surface area contributed by atoms with Gasteiger partial charge in [-0.25, -0.2) is 4.79 Å². The normalized spacial score (nSPS) is 10.3. The van der Waals surface area contributed by atoms with E-state index in [1.165, 1.54) is 0 Å². The van der Waals surface area contributed by atoms with E-state index in [1.807, 2.05) is 24.3 Å². The highest BCUT2D eigenvalue weighted by molar-refractivity contribution is 6.30. The lowest BCUT2D eigenvalue weighted by molar-refractivity contribution is -0.134. The molecule has 0 atom stereocenters. The van der Waals surface area contributed by atoms with Gasteiger partial charge in [0.2, 0.25) is 0 Å². The van der Waals surface area contributed by atoms with Gasteiger partial charge < -0.3 is 14.8 Å². The van der Waals surface area contributed by atoms with Gasteiger partial charge in [-0.3, -0.25) is 4.79 Å². The molecule has 5 nitrogen and oxygen atoms in total. The fourth-order valence-corrected chi connectivity index (χ4v) is 2.83.